The molecule has 2 heterocycles. The Balaban J connectivity index is 1.83. The van der Waals surface area contributed by atoms with Crippen molar-refractivity contribution in [2.75, 3.05) is 14.2 Å². The molecule has 0 spiro atoms. The number of fused-ring (bicyclic) bond motifs is 1. The summed E-state index contributed by atoms with van der Waals surface area (Å²) in [5.74, 6) is 1.31. The highest BCUT2D eigenvalue weighted by Gasteiger charge is 2.14. The van der Waals surface area contributed by atoms with Crippen molar-refractivity contribution in [1.29, 1.82) is 0 Å². The fourth-order valence-electron chi connectivity index (χ4n) is 2.97. The van der Waals surface area contributed by atoms with Crippen LogP contribution in [0.5, 0.6) is 11.5 Å². The van der Waals surface area contributed by atoms with Crippen LogP contribution in [0, 0.1) is 0 Å². The molecule has 27 heavy (non-hydrogen) atoms. The Hall–Kier alpha value is -3.61. The summed E-state index contributed by atoms with van der Waals surface area (Å²) in [6, 6.07) is 15.2. The van der Waals surface area contributed by atoms with Crippen LogP contribution in [0.4, 0.5) is 0 Å². The van der Waals surface area contributed by atoms with E-state index in [1.165, 1.54) is 0 Å². The molecule has 7 nitrogen and oxygen atoms in total. The third-order valence-corrected chi connectivity index (χ3v) is 4.35. The number of hydrogen-bond acceptors (Lipinski definition) is 5. The fraction of sp³-hybridized carbons (Fsp3) is 0.150. The van der Waals surface area contributed by atoms with Crippen molar-refractivity contribution in [1.82, 2.24) is 19.5 Å². The van der Waals surface area contributed by atoms with Crippen molar-refractivity contribution >= 4 is 11.3 Å². The molecule has 4 aromatic rings. The molecule has 0 saturated carbocycles. The van der Waals surface area contributed by atoms with Crippen LogP contribution in [0.3, 0.4) is 0 Å². The molecule has 0 unspecified atom stereocenters. The number of aromatic amines is 1. The lowest BCUT2D eigenvalue weighted by Gasteiger charge is -2.10. The summed E-state index contributed by atoms with van der Waals surface area (Å²) in [5.41, 5.74) is 3.10. The SMILES string of the molecule is COc1ccc(-c2cnc3[nH]c(=O)n(Cc4ccccc4)c3n2)c(OC)c1. The normalized spacial score (nSPS) is 10.9. The van der Waals surface area contributed by atoms with Gasteiger partial charge in [-0.05, 0) is 17.7 Å². The van der Waals surface area contributed by atoms with Gasteiger partial charge in [0.1, 0.15) is 11.5 Å². The molecule has 0 atom stereocenters. The minimum Gasteiger partial charge on any atom is -0.497 e. The Morgan fingerprint density at radius 1 is 1.07 bits per heavy atom. The van der Waals surface area contributed by atoms with E-state index in [-0.39, 0.29) is 5.69 Å². The molecule has 1 N–H and O–H groups in total. The molecule has 0 fully saturated rings. The Labute approximate surface area is 155 Å². The van der Waals surface area contributed by atoms with E-state index in [1.54, 1.807) is 31.0 Å². The molecule has 0 radical (unpaired) electrons. The Morgan fingerprint density at radius 3 is 2.63 bits per heavy atom. The number of ether oxygens (including phenoxy) is 2. The van der Waals surface area contributed by atoms with E-state index in [0.717, 1.165) is 11.1 Å². The van der Waals surface area contributed by atoms with Crippen molar-refractivity contribution in [2.24, 2.45) is 0 Å². The van der Waals surface area contributed by atoms with E-state index in [1.807, 2.05) is 42.5 Å². The first-order valence-corrected chi connectivity index (χ1v) is 8.41. The van der Waals surface area contributed by atoms with Crippen LogP contribution in [-0.4, -0.2) is 33.7 Å². The zero-order chi connectivity index (χ0) is 18.8. The van der Waals surface area contributed by atoms with Gasteiger partial charge in [-0.2, -0.15) is 0 Å². The molecular formula is C20H18N4O3. The Morgan fingerprint density at radius 2 is 1.89 bits per heavy atom. The molecule has 0 bridgehead atoms. The van der Waals surface area contributed by atoms with E-state index < -0.39 is 0 Å². The van der Waals surface area contributed by atoms with Crippen LogP contribution < -0.4 is 15.2 Å². The number of H-pyrrole nitrogens is 1. The number of aromatic nitrogens is 4. The van der Waals surface area contributed by atoms with Crippen LogP contribution in [0.15, 0.2) is 59.5 Å². The number of nitrogens with one attached hydrogen (secondary N) is 1. The molecule has 0 aliphatic rings. The van der Waals surface area contributed by atoms with Gasteiger partial charge in [-0.3, -0.25) is 9.55 Å². The fourth-order valence-corrected chi connectivity index (χ4v) is 2.97. The molecule has 0 aliphatic carbocycles. The smallest absolute Gasteiger partial charge is 0.329 e. The van der Waals surface area contributed by atoms with E-state index >= 15 is 0 Å². The maximum atomic E-state index is 12.4. The summed E-state index contributed by atoms with van der Waals surface area (Å²) in [7, 11) is 3.19. The first-order valence-electron chi connectivity index (χ1n) is 8.41. The lowest BCUT2D eigenvalue weighted by Crippen LogP contribution is -2.17. The number of benzene rings is 2. The number of imidazole rings is 1. The highest BCUT2D eigenvalue weighted by molar-refractivity contribution is 5.74. The number of hydrogen-bond donors (Lipinski definition) is 1. The van der Waals surface area contributed by atoms with Gasteiger partial charge in [-0.25, -0.2) is 14.8 Å². The standard InChI is InChI=1S/C20H18N4O3/c1-26-14-8-9-15(17(10-14)27-2)16-11-21-18-19(22-16)24(20(25)23-18)12-13-6-4-3-5-7-13/h3-11H,12H2,1-2H3,(H,21,23,25). The molecule has 0 saturated heterocycles. The number of rotatable bonds is 5. The van der Waals surface area contributed by atoms with Gasteiger partial charge in [-0.15, -0.1) is 0 Å². The molecule has 136 valence electrons. The lowest BCUT2D eigenvalue weighted by molar-refractivity contribution is 0.395. The van der Waals surface area contributed by atoms with Gasteiger partial charge in [0, 0.05) is 11.6 Å². The molecule has 0 aliphatic heterocycles. The van der Waals surface area contributed by atoms with Crippen LogP contribution in [0.1, 0.15) is 5.56 Å². The predicted octanol–water partition coefficient (Wildman–Crippen LogP) is 2.85. The highest BCUT2D eigenvalue weighted by Crippen LogP contribution is 2.32. The predicted molar refractivity (Wildman–Crippen MR) is 102 cm³/mol. The minimum absolute atomic E-state index is 0.243. The summed E-state index contributed by atoms with van der Waals surface area (Å²) in [6.45, 7) is 0.414. The Bertz CT molecular complexity index is 1150. The van der Waals surface area contributed by atoms with Crippen LogP contribution in [0.25, 0.3) is 22.6 Å². The van der Waals surface area contributed by atoms with Crippen molar-refractivity contribution in [3.8, 4) is 22.8 Å². The van der Waals surface area contributed by atoms with E-state index in [0.29, 0.717) is 35.0 Å². The second-order valence-electron chi connectivity index (χ2n) is 6.00. The quantitative estimate of drug-likeness (QED) is 0.590. The Kier molecular flexibility index (Phi) is 4.33. The van der Waals surface area contributed by atoms with Crippen LogP contribution >= 0.6 is 0 Å². The van der Waals surface area contributed by atoms with E-state index in [2.05, 4.69) is 15.0 Å². The minimum atomic E-state index is -0.243. The summed E-state index contributed by atoms with van der Waals surface area (Å²) < 4.78 is 12.3. The monoisotopic (exact) mass is 362 g/mol. The maximum Gasteiger partial charge on any atom is 0.329 e. The number of nitrogens with zero attached hydrogens (tertiary/aromatic N) is 3. The third-order valence-electron chi connectivity index (χ3n) is 4.35. The lowest BCUT2D eigenvalue weighted by atomic mass is 10.1. The van der Waals surface area contributed by atoms with Crippen molar-refractivity contribution in [3.63, 3.8) is 0 Å². The summed E-state index contributed by atoms with van der Waals surface area (Å²) in [5, 5.41) is 0. The highest BCUT2D eigenvalue weighted by atomic mass is 16.5. The molecular weight excluding hydrogens is 344 g/mol. The van der Waals surface area contributed by atoms with Gasteiger partial charge in [0.15, 0.2) is 11.3 Å². The van der Waals surface area contributed by atoms with Gasteiger partial charge in [-0.1, -0.05) is 30.3 Å². The largest absolute Gasteiger partial charge is 0.497 e. The van der Waals surface area contributed by atoms with Gasteiger partial charge in [0.25, 0.3) is 0 Å². The molecule has 2 aromatic carbocycles. The van der Waals surface area contributed by atoms with Gasteiger partial charge in [0.2, 0.25) is 0 Å². The van der Waals surface area contributed by atoms with E-state index in [9.17, 15) is 4.79 Å². The van der Waals surface area contributed by atoms with Crippen LogP contribution in [-0.2, 0) is 6.54 Å². The second kappa shape index (κ2) is 6.95. The summed E-state index contributed by atoms with van der Waals surface area (Å²) in [4.78, 5) is 24.2. The molecule has 0 amide bonds. The second-order valence-corrected chi connectivity index (χ2v) is 6.00. The molecule has 7 heteroatoms. The molecule has 2 aromatic heterocycles. The number of methoxy groups -OCH3 is 2. The maximum absolute atomic E-state index is 12.4. The molecule has 4 rings (SSSR count). The van der Waals surface area contributed by atoms with Crippen molar-refractivity contribution < 1.29 is 9.47 Å². The van der Waals surface area contributed by atoms with Gasteiger partial charge >= 0.3 is 5.69 Å². The zero-order valence-corrected chi connectivity index (χ0v) is 15.0. The van der Waals surface area contributed by atoms with Gasteiger partial charge in [0.05, 0.1) is 32.7 Å². The van der Waals surface area contributed by atoms with Gasteiger partial charge < -0.3 is 9.47 Å². The van der Waals surface area contributed by atoms with Crippen molar-refractivity contribution in [3.05, 3.63) is 70.8 Å². The zero-order valence-electron chi connectivity index (χ0n) is 15.0. The first-order chi connectivity index (χ1) is 13.2. The first kappa shape index (κ1) is 16.8. The topological polar surface area (TPSA) is 82.0 Å². The average Bonchev–Trinajstić information content (AvgIpc) is 3.02. The average molecular weight is 362 g/mol. The van der Waals surface area contributed by atoms with E-state index in [4.69, 9.17) is 9.47 Å². The summed E-state index contributed by atoms with van der Waals surface area (Å²) in [6.07, 6.45) is 1.62. The van der Waals surface area contributed by atoms with Crippen LogP contribution in [0.2, 0.25) is 0 Å². The third kappa shape index (κ3) is 3.15. The summed E-state index contributed by atoms with van der Waals surface area (Å²) >= 11 is 0. The van der Waals surface area contributed by atoms with Crippen molar-refractivity contribution in [2.45, 2.75) is 6.54 Å².